The summed E-state index contributed by atoms with van der Waals surface area (Å²) in [6, 6.07) is 19.8. The zero-order valence-corrected chi connectivity index (χ0v) is 18.0. The summed E-state index contributed by atoms with van der Waals surface area (Å²) in [5, 5.41) is 2.61. The van der Waals surface area contributed by atoms with Gasteiger partial charge in [0, 0.05) is 24.6 Å². The third-order valence-electron chi connectivity index (χ3n) is 5.32. The largest absolute Gasteiger partial charge is 0.573 e. The normalized spacial score (nSPS) is 12.2. The number of benzene rings is 3. The molecule has 3 N–H and O–H groups in total. The second-order valence-corrected chi connectivity index (χ2v) is 7.61. The van der Waals surface area contributed by atoms with Gasteiger partial charge in [0.1, 0.15) is 12.4 Å². The van der Waals surface area contributed by atoms with Crippen molar-refractivity contribution in [2.75, 3.05) is 18.9 Å². The molecule has 1 aliphatic carbocycles. The lowest BCUT2D eigenvalue weighted by Gasteiger charge is -2.14. The highest BCUT2D eigenvalue weighted by molar-refractivity contribution is 5.79. The fourth-order valence-corrected chi connectivity index (χ4v) is 3.89. The van der Waals surface area contributed by atoms with Crippen molar-refractivity contribution in [3.05, 3.63) is 83.4 Å². The van der Waals surface area contributed by atoms with Gasteiger partial charge in [-0.1, -0.05) is 60.4 Å². The lowest BCUT2D eigenvalue weighted by molar-refractivity contribution is -0.274. The Balaban J connectivity index is 1.30. The van der Waals surface area contributed by atoms with Crippen LogP contribution in [-0.4, -0.2) is 25.6 Å². The van der Waals surface area contributed by atoms with E-state index >= 15 is 0 Å². The summed E-state index contributed by atoms with van der Waals surface area (Å²) in [4.78, 5) is 12.2. The first-order chi connectivity index (χ1) is 16.3. The molecule has 0 saturated carbocycles. The molecular weight excluding hydrogens is 445 g/mol. The molecule has 0 atom stereocenters. The van der Waals surface area contributed by atoms with Gasteiger partial charge in [0.25, 0.3) is 0 Å². The van der Waals surface area contributed by atoms with Crippen molar-refractivity contribution < 1.29 is 27.4 Å². The van der Waals surface area contributed by atoms with Crippen molar-refractivity contribution in [1.29, 1.82) is 0 Å². The fraction of sp³-hybridized carbons (Fsp3) is 0.192. The van der Waals surface area contributed by atoms with Crippen LogP contribution in [0.25, 0.3) is 11.1 Å². The summed E-state index contributed by atoms with van der Waals surface area (Å²) >= 11 is 0. The molecule has 1 aliphatic rings. The van der Waals surface area contributed by atoms with Gasteiger partial charge in [-0.2, -0.15) is 0 Å². The van der Waals surface area contributed by atoms with E-state index in [-0.39, 0.29) is 36.7 Å². The maximum absolute atomic E-state index is 12.5. The van der Waals surface area contributed by atoms with Gasteiger partial charge in [0.15, 0.2) is 0 Å². The SMILES string of the molecule is Nc1ccc(OC(F)(F)F)c(C#CCCNC(=O)OCC2c3ccccc3-c3ccccc32)c1. The van der Waals surface area contributed by atoms with E-state index in [9.17, 15) is 18.0 Å². The number of carbonyl (C=O) groups is 1. The van der Waals surface area contributed by atoms with E-state index in [0.29, 0.717) is 0 Å². The standard InChI is InChI=1S/C26H21F3N2O3/c27-26(28,29)34-24-13-12-18(30)15-17(24)7-5-6-14-31-25(32)33-16-23-21-10-3-1-8-19(21)20-9-2-4-11-22(20)23/h1-4,8-13,15,23H,6,14,16,30H2,(H,31,32). The number of nitrogen functional groups attached to an aromatic ring is 1. The number of alkyl halides is 3. The van der Waals surface area contributed by atoms with Crippen molar-refractivity contribution >= 4 is 11.8 Å². The molecule has 0 unspecified atom stereocenters. The molecule has 0 spiro atoms. The van der Waals surface area contributed by atoms with E-state index in [1.54, 1.807) is 0 Å². The molecule has 3 aromatic rings. The molecule has 4 rings (SSSR count). The van der Waals surface area contributed by atoms with E-state index in [0.717, 1.165) is 28.3 Å². The summed E-state index contributed by atoms with van der Waals surface area (Å²) in [7, 11) is 0. The summed E-state index contributed by atoms with van der Waals surface area (Å²) in [5.41, 5.74) is 10.4. The van der Waals surface area contributed by atoms with Gasteiger partial charge in [-0.15, -0.1) is 13.2 Å². The molecule has 0 saturated heterocycles. The van der Waals surface area contributed by atoms with Crippen LogP contribution in [-0.2, 0) is 4.74 Å². The van der Waals surface area contributed by atoms with Gasteiger partial charge in [0.2, 0.25) is 0 Å². The van der Waals surface area contributed by atoms with Crippen LogP contribution >= 0.6 is 0 Å². The molecule has 5 nitrogen and oxygen atoms in total. The molecule has 8 heteroatoms. The first-order valence-corrected chi connectivity index (χ1v) is 10.5. The Hall–Kier alpha value is -4.12. The highest BCUT2D eigenvalue weighted by Gasteiger charge is 2.32. The Labute approximate surface area is 194 Å². The van der Waals surface area contributed by atoms with E-state index in [1.807, 2.05) is 36.4 Å². The Bertz CT molecular complexity index is 1220. The predicted octanol–water partition coefficient (Wildman–Crippen LogP) is 5.45. The van der Waals surface area contributed by atoms with Gasteiger partial charge in [0.05, 0.1) is 5.56 Å². The summed E-state index contributed by atoms with van der Waals surface area (Å²) in [5.74, 6) is 4.83. The van der Waals surface area contributed by atoms with Crippen LogP contribution in [0.4, 0.5) is 23.7 Å². The molecule has 0 heterocycles. The number of rotatable bonds is 5. The zero-order valence-electron chi connectivity index (χ0n) is 18.0. The first kappa shape index (κ1) is 23.1. The van der Waals surface area contributed by atoms with Gasteiger partial charge < -0.3 is 20.5 Å². The van der Waals surface area contributed by atoms with Gasteiger partial charge in [-0.05, 0) is 40.5 Å². The molecule has 1 amide bonds. The van der Waals surface area contributed by atoms with Crippen molar-refractivity contribution in [2.45, 2.75) is 18.7 Å². The third kappa shape index (κ3) is 5.44. The summed E-state index contributed by atoms with van der Waals surface area (Å²) in [6.07, 6.45) is -5.23. The monoisotopic (exact) mass is 466 g/mol. The van der Waals surface area contributed by atoms with E-state index in [4.69, 9.17) is 10.5 Å². The predicted molar refractivity (Wildman–Crippen MR) is 122 cm³/mol. The quantitative estimate of drug-likeness (QED) is 0.298. The van der Waals surface area contributed by atoms with Crippen LogP contribution in [0.2, 0.25) is 0 Å². The Morgan fingerprint density at radius 1 is 1.00 bits per heavy atom. The second kappa shape index (κ2) is 9.79. The number of nitrogens with two attached hydrogens (primary N) is 1. The Morgan fingerprint density at radius 3 is 2.29 bits per heavy atom. The number of halogens is 3. The van der Waals surface area contributed by atoms with Crippen molar-refractivity contribution in [3.63, 3.8) is 0 Å². The average Bonchev–Trinajstić information content (AvgIpc) is 3.12. The number of anilines is 1. The number of alkyl carbamates (subject to hydrolysis) is 1. The number of hydrogen-bond acceptors (Lipinski definition) is 4. The summed E-state index contributed by atoms with van der Waals surface area (Å²) in [6.45, 7) is 0.356. The van der Waals surface area contributed by atoms with Crippen LogP contribution in [0, 0.1) is 11.8 Å². The van der Waals surface area contributed by atoms with Gasteiger partial charge >= 0.3 is 12.5 Å². The number of fused-ring (bicyclic) bond motifs is 3. The number of carbonyl (C=O) groups excluding carboxylic acids is 1. The fourth-order valence-electron chi connectivity index (χ4n) is 3.89. The molecule has 0 radical (unpaired) electrons. The highest BCUT2D eigenvalue weighted by atomic mass is 19.4. The number of ether oxygens (including phenoxy) is 2. The number of hydrogen-bond donors (Lipinski definition) is 2. The van der Waals surface area contributed by atoms with Crippen molar-refractivity contribution in [2.24, 2.45) is 0 Å². The molecule has 3 aromatic carbocycles. The van der Waals surface area contributed by atoms with Gasteiger partial charge in [-0.25, -0.2) is 4.79 Å². The maximum atomic E-state index is 12.5. The average molecular weight is 466 g/mol. The van der Waals surface area contributed by atoms with Crippen molar-refractivity contribution in [3.8, 4) is 28.7 Å². The van der Waals surface area contributed by atoms with Crippen LogP contribution in [0.5, 0.6) is 5.75 Å². The topological polar surface area (TPSA) is 73.6 Å². The lowest BCUT2D eigenvalue weighted by Crippen LogP contribution is -2.26. The van der Waals surface area contributed by atoms with Crippen LogP contribution in [0.15, 0.2) is 66.7 Å². The molecule has 0 fully saturated rings. The Kier molecular flexibility index (Phi) is 6.64. The minimum atomic E-state index is -4.84. The molecule has 0 aromatic heterocycles. The summed E-state index contributed by atoms with van der Waals surface area (Å²) < 4.78 is 47.0. The van der Waals surface area contributed by atoms with Crippen LogP contribution in [0.1, 0.15) is 29.0 Å². The first-order valence-electron chi connectivity index (χ1n) is 10.5. The third-order valence-corrected chi connectivity index (χ3v) is 5.32. The number of nitrogens with one attached hydrogen (secondary N) is 1. The zero-order chi connectivity index (χ0) is 24.1. The molecule has 174 valence electrons. The van der Waals surface area contributed by atoms with E-state index in [1.165, 1.54) is 12.1 Å². The maximum Gasteiger partial charge on any atom is 0.573 e. The molecule has 0 aliphatic heterocycles. The van der Waals surface area contributed by atoms with Crippen molar-refractivity contribution in [1.82, 2.24) is 5.32 Å². The highest BCUT2D eigenvalue weighted by Crippen LogP contribution is 2.44. The molecular formula is C26H21F3N2O3. The Morgan fingerprint density at radius 2 is 1.65 bits per heavy atom. The lowest BCUT2D eigenvalue weighted by atomic mass is 9.98. The minimum Gasteiger partial charge on any atom is -0.449 e. The van der Waals surface area contributed by atoms with E-state index < -0.39 is 18.2 Å². The van der Waals surface area contributed by atoms with E-state index in [2.05, 4.69) is 34.0 Å². The van der Waals surface area contributed by atoms with Crippen LogP contribution in [0.3, 0.4) is 0 Å². The molecule has 34 heavy (non-hydrogen) atoms. The molecule has 0 bridgehead atoms. The minimum absolute atomic E-state index is 0.0125. The van der Waals surface area contributed by atoms with Crippen LogP contribution < -0.4 is 15.8 Å². The van der Waals surface area contributed by atoms with Gasteiger partial charge in [-0.3, -0.25) is 0 Å². The smallest absolute Gasteiger partial charge is 0.449 e. The number of amides is 1. The second-order valence-electron chi connectivity index (χ2n) is 7.61.